The Morgan fingerprint density at radius 1 is 0.970 bits per heavy atom. The number of carbonyl (C=O) groups excluding carboxylic acids is 1. The molecule has 0 saturated carbocycles. The maximum absolute atomic E-state index is 13.0. The minimum absolute atomic E-state index is 0.107. The van der Waals surface area contributed by atoms with Crippen LogP contribution in [0.5, 0.6) is 0 Å². The van der Waals surface area contributed by atoms with Crippen LogP contribution in [0, 0.1) is 0 Å². The van der Waals surface area contributed by atoms with Gasteiger partial charge in [-0.15, -0.1) is 0 Å². The fraction of sp³-hybridized carbons (Fsp3) is 0.500. The van der Waals surface area contributed by atoms with E-state index in [1.165, 1.54) is 4.31 Å². The summed E-state index contributed by atoms with van der Waals surface area (Å²) in [4.78, 5) is 21.4. The van der Waals surface area contributed by atoms with Gasteiger partial charge in [-0.1, -0.05) is 32.0 Å². The number of pyridine rings is 1. The molecule has 3 heterocycles. The van der Waals surface area contributed by atoms with E-state index in [2.05, 4.69) is 29.0 Å². The minimum Gasteiger partial charge on any atom is -0.356 e. The molecule has 9 heteroatoms. The highest BCUT2D eigenvalue weighted by molar-refractivity contribution is 7.89. The van der Waals surface area contributed by atoms with Crippen LogP contribution in [-0.2, 0) is 10.0 Å². The van der Waals surface area contributed by atoms with Crippen molar-refractivity contribution in [1.29, 1.82) is 0 Å². The van der Waals surface area contributed by atoms with Crippen molar-refractivity contribution in [3.63, 3.8) is 0 Å². The second-order valence-electron chi connectivity index (χ2n) is 9.01. The van der Waals surface area contributed by atoms with Gasteiger partial charge in [-0.05, 0) is 48.6 Å². The second-order valence-corrected chi connectivity index (χ2v) is 11.0. The summed E-state index contributed by atoms with van der Waals surface area (Å²) in [6, 6.07) is 13.0. The van der Waals surface area contributed by atoms with Gasteiger partial charge in [0.2, 0.25) is 10.0 Å². The molecule has 0 spiro atoms. The molecule has 0 aliphatic carbocycles. The van der Waals surface area contributed by atoms with Crippen LogP contribution in [0.1, 0.15) is 38.2 Å². The minimum atomic E-state index is -3.55. The number of hydrogen-bond acceptors (Lipinski definition) is 5. The SMILES string of the molecule is CC(C)c1ccc(S(=O)(=O)N2CCN(C(=O)NC3CCN(c4ccccn4)CC3)CC2)cc1. The predicted molar refractivity (Wildman–Crippen MR) is 129 cm³/mol. The van der Waals surface area contributed by atoms with Gasteiger partial charge >= 0.3 is 6.03 Å². The van der Waals surface area contributed by atoms with Gasteiger partial charge in [0.1, 0.15) is 5.82 Å². The number of anilines is 1. The number of sulfonamides is 1. The summed E-state index contributed by atoms with van der Waals surface area (Å²) in [6.07, 6.45) is 3.52. The summed E-state index contributed by atoms with van der Waals surface area (Å²) in [5.74, 6) is 1.32. The second kappa shape index (κ2) is 10.1. The highest BCUT2D eigenvalue weighted by atomic mass is 32.2. The normalized spacial score (nSPS) is 18.5. The molecule has 2 aliphatic heterocycles. The Morgan fingerprint density at radius 2 is 1.64 bits per heavy atom. The number of piperidine rings is 1. The van der Waals surface area contributed by atoms with Gasteiger partial charge in [-0.2, -0.15) is 4.31 Å². The number of rotatable bonds is 5. The van der Waals surface area contributed by atoms with E-state index in [1.54, 1.807) is 23.2 Å². The van der Waals surface area contributed by atoms with Crippen LogP contribution in [0.25, 0.3) is 0 Å². The summed E-state index contributed by atoms with van der Waals surface area (Å²) < 4.78 is 27.5. The fourth-order valence-corrected chi connectivity index (χ4v) is 5.79. The molecule has 2 amide bonds. The van der Waals surface area contributed by atoms with Gasteiger partial charge in [0, 0.05) is 51.5 Å². The quantitative estimate of drug-likeness (QED) is 0.725. The van der Waals surface area contributed by atoms with Crippen molar-refractivity contribution < 1.29 is 13.2 Å². The highest BCUT2D eigenvalue weighted by Crippen LogP contribution is 2.22. The lowest BCUT2D eigenvalue weighted by Crippen LogP contribution is -2.55. The van der Waals surface area contributed by atoms with Crippen molar-refractivity contribution in [3.05, 3.63) is 54.2 Å². The number of aromatic nitrogens is 1. The number of nitrogens with zero attached hydrogens (tertiary/aromatic N) is 4. The molecule has 178 valence electrons. The Balaban J connectivity index is 1.26. The molecule has 0 radical (unpaired) electrons. The van der Waals surface area contributed by atoms with E-state index in [0.29, 0.717) is 37.0 Å². The third-order valence-corrected chi connectivity index (χ3v) is 8.42. The maximum Gasteiger partial charge on any atom is 0.317 e. The van der Waals surface area contributed by atoms with Crippen LogP contribution in [0.3, 0.4) is 0 Å². The van der Waals surface area contributed by atoms with Gasteiger partial charge in [-0.3, -0.25) is 0 Å². The van der Waals surface area contributed by atoms with Crippen molar-refractivity contribution in [2.75, 3.05) is 44.2 Å². The van der Waals surface area contributed by atoms with E-state index in [4.69, 9.17) is 0 Å². The van der Waals surface area contributed by atoms with Crippen molar-refractivity contribution in [2.24, 2.45) is 0 Å². The Hall–Kier alpha value is -2.65. The Morgan fingerprint density at radius 3 is 2.21 bits per heavy atom. The molecular formula is C24H33N5O3S. The number of hydrogen-bond donors (Lipinski definition) is 1. The molecule has 0 bridgehead atoms. The summed E-state index contributed by atoms with van der Waals surface area (Å²) in [7, 11) is -3.55. The highest BCUT2D eigenvalue weighted by Gasteiger charge is 2.31. The van der Waals surface area contributed by atoms with E-state index in [1.807, 2.05) is 30.3 Å². The van der Waals surface area contributed by atoms with Crippen LogP contribution in [0.2, 0.25) is 0 Å². The molecule has 8 nitrogen and oxygen atoms in total. The number of amides is 2. The van der Waals surface area contributed by atoms with Crippen LogP contribution >= 0.6 is 0 Å². The number of urea groups is 1. The zero-order chi connectivity index (χ0) is 23.4. The van der Waals surface area contributed by atoms with Crippen molar-refractivity contribution in [2.45, 2.75) is 43.5 Å². The average molecular weight is 472 g/mol. The van der Waals surface area contributed by atoms with Crippen molar-refractivity contribution in [3.8, 4) is 0 Å². The summed E-state index contributed by atoms with van der Waals surface area (Å²) in [6.45, 7) is 7.26. The average Bonchev–Trinajstić information content (AvgIpc) is 2.85. The lowest BCUT2D eigenvalue weighted by atomic mass is 10.0. The maximum atomic E-state index is 13.0. The smallest absolute Gasteiger partial charge is 0.317 e. The first-order chi connectivity index (χ1) is 15.8. The van der Waals surface area contributed by atoms with Crippen LogP contribution < -0.4 is 10.2 Å². The molecule has 2 fully saturated rings. The first-order valence-electron chi connectivity index (χ1n) is 11.7. The van der Waals surface area contributed by atoms with Crippen LogP contribution in [-0.4, -0.2) is 73.9 Å². The monoisotopic (exact) mass is 471 g/mol. The number of piperazine rings is 1. The van der Waals surface area contributed by atoms with Crippen molar-refractivity contribution >= 4 is 21.9 Å². The van der Waals surface area contributed by atoms with Crippen LogP contribution in [0.15, 0.2) is 53.6 Å². The van der Waals surface area contributed by atoms with Gasteiger partial charge in [0.25, 0.3) is 0 Å². The van der Waals surface area contributed by atoms with Gasteiger partial charge in [0.15, 0.2) is 0 Å². The molecule has 2 saturated heterocycles. The van der Waals surface area contributed by atoms with Gasteiger partial charge < -0.3 is 15.1 Å². The molecule has 0 unspecified atom stereocenters. The number of carbonyl (C=O) groups is 1. The largest absolute Gasteiger partial charge is 0.356 e. The van der Waals surface area contributed by atoms with E-state index in [-0.39, 0.29) is 12.1 Å². The number of benzene rings is 1. The summed E-state index contributed by atoms with van der Waals surface area (Å²) in [5.41, 5.74) is 1.11. The van der Waals surface area contributed by atoms with Gasteiger partial charge in [0.05, 0.1) is 4.90 Å². The topological polar surface area (TPSA) is 85.8 Å². The summed E-state index contributed by atoms with van der Waals surface area (Å²) in [5, 5.41) is 3.13. The van der Waals surface area contributed by atoms with Crippen molar-refractivity contribution in [1.82, 2.24) is 19.5 Å². The molecule has 2 aromatic rings. The standard InChI is InChI=1S/C24H33N5O3S/c1-19(2)20-6-8-22(9-7-20)33(31,32)29-17-15-28(16-18-29)24(30)26-21-10-13-27(14-11-21)23-5-3-4-12-25-23/h3-9,12,19,21H,10-11,13-18H2,1-2H3,(H,26,30). The molecule has 4 rings (SSSR count). The fourth-order valence-electron chi connectivity index (χ4n) is 4.36. The summed E-state index contributed by atoms with van der Waals surface area (Å²) >= 11 is 0. The first-order valence-corrected chi connectivity index (χ1v) is 13.1. The van der Waals surface area contributed by atoms with Gasteiger partial charge in [-0.25, -0.2) is 18.2 Å². The Kier molecular flexibility index (Phi) is 7.19. The third-order valence-electron chi connectivity index (χ3n) is 6.51. The molecule has 33 heavy (non-hydrogen) atoms. The predicted octanol–water partition coefficient (Wildman–Crippen LogP) is 2.89. The lowest BCUT2D eigenvalue weighted by Gasteiger charge is -2.37. The van der Waals surface area contributed by atoms with E-state index in [9.17, 15) is 13.2 Å². The van der Waals surface area contributed by atoms with E-state index < -0.39 is 10.0 Å². The van der Waals surface area contributed by atoms with E-state index >= 15 is 0 Å². The van der Waals surface area contributed by atoms with E-state index in [0.717, 1.165) is 37.3 Å². The zero-order valence-corrected chi connectivity index (χ0v) is 20.2. The third kappa shape index (κ3) is 5.47. The van der Waals surface area contributed by atoms with Crippen LogP contribution in [0.4, 0.5) is 10.6 Å². The number of nitrogens with one attached hydrogen (secondary N) is 1. The molecule has 1 aromatic heterocycles. The Labute approximate surface area is 196 Å². The first kappa shape index (κ1) is 23.5. The molecular weight excluding hydrogens is 438 g/mol. The Bertz CT molecular complexity index is 1030. The lowest BCUT2D eigenvalue weighted by molar-refractivity contribution is 0.167. The molecule has 2 aliphatic rings. The zero-order valence-electron chi connectivity index (χ0n) is 19.4. The molecule has 1 N–H and O–H groups in total. The molecule has 0 atom stereocenters. The molecule has 1 aromatic carbocycles.